The Labute approximate surface area is 114 Å². The van der Waals surface area contributed by atoms with Gasteiger partial charge in [-0.25, -0.2) is 0 Å². The van der Waals surface area contributed by atoms with Gasteiger partial charge in [-0.1, -0.05) is 13.8 Å². The van der Waals surface area contributed by atoms with Crippen LogP contribution in [0, 0.1) is 5.92 Å². The van der Waals surface area contributed by atoms with Crippen molar-refractivity contribution in [2.75, 3.05) is 20.1 Å². The number of nitrogens with zero attached hydrogens (tertiary/aromatic N) is 1. The van der Waals surface area contributed by atoms with Crippen LogP contribution in [0.4, 0.5) is 0 Å². The molecule has 1 unspecified atom stereocenters. The fourth-order valence-electron chi connectivity index (χ4n) is 1.78. The maximum atomic E-state index is 11.7. The number of ketones is 1. The van der Waals surface area contributed by atoms with Gasteiger partial charge >= 0.3 is 5.97 Å². The van der Waals surface area contributed by atoms with Crippen LogP contribution in [0.25, 0.3) is 0 Å². The number of nitrogens with one attached hydrogen (secondary N) is 1. The van der Waals surface area contributed by atoms with Crippen LogP contribution in [-0.2, 0) is 14.4 Å². The predicted molar refractivity (Wildman–Crippen MR) is 71.8 cm³/mol. The van der Waals surface area contributed by atoms with Crippen molar-refractivity contribution in [2.45, 2.75) is 39.7 Å². The van der Waals surface area contributed by atoms with E-state index >= 15 is 0 Å². The Morgan fingerprint density at radius 1 is 1.26 bits per heavy atom. The predicted octanol–water partition coefficient (Wildman–Crippen LogP) is 0.513. The summed E-state index contributed by atoms with van der Waals surface area (Å²) in [4.78, 5) is 35.2. The highest BCUT2D eigenvalue weighted by molar-refractivity contribution is 5.88. The molecule has 0 aliphatic carbocycles. The summed E-state index contributed by atoms with van der Waals surface area (Å²) in [7, 11) is 1.75. The molecule has 0 aliphatic heterocycles. The van der Waals surface area contributed by atoms with Gasteiger partial charge in [-0.05, 0) is 32.9 Å². The SMILES string of the molecule is CC(=O)C(NC(=O)CN(C)CCCC(=O)O)C(C)C. The molecular weight excluding hydrogens is 248 g/mol. The van der Waals surface area contributed by atoms with E-state index in [1.165, 1.54) is 6.92 Å². The van der Waals surface area contributed by atoms with Gasteiger partial charge < -0.3 is 10.4 Å². The number of Topliss-reactive ketones (excluding diaryl/α,β-unsaturated/α-hetero) is 1. The lowest BCUT2D eigenvalue weighted by Crippen LogP contribution is -2.47. The third-order valence-corrected chi connectivity index (χ3v) is 2.77. The maximum Gasteiger partial charge on any atom is 0.303 e. The Bertz CT molecular complexity index is 329. The van der Waals surface area contributed by atoms with Gasteiger partial charge in [0, 0.05) is 6.42 Å². The van der Waals surface area contributed by atoms with Crippen LogP contribution >= 0.6 is 0 Å². The van der Waals surface area contributed by atoms with Gasteiger partial charge in [0.05, 0.1) is 12.6 Å². The maximum absolute atomic E-state index is 11.7. The Kier molecular flexibility index (Phi) is 7.98. The minimum Gasteiger partial charge on any atom is -0.481 e. The summed E-state index contributed by atoms with van der Waals surface area (Å²) in [5, 5.41) is 11.2. The van der Waals surface area contributed by atoms with Crippen LogP contribution in [0.3, 0.4) is 0 Å². The number of carboxylic acids is 1. The monoisotopic (exact) mass is 272 g/mol. The van der Waals surface area contributed by atoms with Gasteiger partial charge in [-0.3, -0.25) is 19.3 Å². The zero-order chi connectivity index (χ0) is 15.0. The first-order chi connectivity index (χ1) is 8.73. The molecule has 0 aliphatic rings. The summed E-state index contributed by atoms with van der Waals surface area (Å²) < 4.78 is 0. The quantitative estimate of drug-likeness (QED) is 0.639. The number of carboxylic acid groups (broad SMARTS) is 1. The second kappa shape index (κ2) is 8.63. The largest absolute Gasteiger partial charge is 0.481 e. The van der Waals surface area contributed by atoms with E-state index in [2.05, 4.69) is 5.32 Å². The summed E-state index contributed by atoms with van der Waals surface area (Å²) in [6, 6.07) is -0.458. The molecule has 6 nitrogen and oxygen atoms in total. The van der Waals surface area contributed by atoms with Crippen LogP contribution in [0.1, 0.15) is 33.6 Å². The Morgan fingerprint density at radius 3 is 2.26 bits per heavy atom. The van der Waals surface area contributed by atoms with Gasteiger partial charge in [0.2, 0.25) is 5.91 Å². The molecule has 0 fully saturated rings. The van der Waals surface area contributed by atoms with Crippen molar-refractivity contribution in [3.63, 3.8) is 0 Å². The van der Waals surface area contributed by atoms with Gasteiger partial charge in [-0.15, -0.1) is 0 Å². The molecule has 6 heteroatoms. The van der Waals surface area contributed by atoms with Crippen LogP contribution in [0.2, 0.25) is 0 Å². The van der Waals surface area contributed by atoms with E-state index in [-0.39, 0.29) is 30.6 Å². The Hall–Kier alpha value is -1.43. The smallest absolute Gasteiger partial charge is 0.303 e. The standard InChI is InChI=1S/C13H24N2O4/c1-9(2)13(10(3)16)14-11(17)8-15(4)7-5-6-12(18)19/h9,13H,5-8H2,1-4H3,(H,14,17)(H,18,19). The van der Waals surface area contributed by atoms with E-state index in [4.69, 9.17) is 5.11 Å². The second-order valence-corrected chi connectivity index (χ2v) is 5.13. The number of hydrogen-bond donors (Lipinski definition) is 2. The zero-order valence-corrected chi connectivity index (χ0v) is 12.1. The molecule has 0 aromatic carbocycles. The van der Waals surface area contributed by atoms with E-state index in [1.54, 1.807) is 11.9 Å². The Morgan fingerprint density at radius 2 is 1.84 bits per heavy atom. The minimum atomic E-state index is -0.839. The molecule has 0 rings (SSSR count). The molecule has 0 bridgehead atoms. The number of rotatable bonds is 9. The summed E-state index contributed by atoms with van der Waals surface area (Å²) in [6.45, 7) is 5.91. The molecule has 0 saturated carbocycles. The number of aliphatic carboxylic acids is 1. The van der Waals surface area contributed by atoms with Crippen LogP contribution < -0.4 is 5.32 Å². The van der Waals surface area contributed by atoms with E-state index in [0.29, 0.717) is 13.0 Å². The van der Waals surface area contributed by atoms with Crippen molar-refractivity contribution in [2.24, 2.45) is 5.92 Å². The highest BCUT2D eigenvalue weighted by atomic mass is 16.4. The van der Waals surface area contributed by atoms with Crippen molar-refractivity contribution in [1.29, 1.82) is 0 Å². The number of hydrogen-bond acceptors (Lipinski definition) is 4. The molecule has 0 heterocycles. The first kappa shape index (κ1) is 17.6. The first-order valence-electron chi connectivity index (χ1n) is 6.44. The fourth-order valence-corrected chi connectivity index (χ4v) is 1.78. The summed E-state index contributed by atoms with van der Waals surface area (Å²) in [5.74, 6) is -1.06. The van der Waals surface area contributed by atoms with E-state index in [1.807, 2.05) is 13.8 Å². The Balaban J connectivity index is 4.08. The highest BCUT2D eigenvalue weighted by Crippen LogP contribution is 2.02. The van der Waals surface area contributed by atoms with Crippen molar-refractivity contribution in [3.05, 3.63) is 0 Å². The van der Waals surface area contributed by atoms with Crippen molar-refractivity contribution < 1.29 is 19.5 Å². The topological polar surface area (TPSA) is 86.7 Å². The second-order valence-electron chi connectivity index (χ2n) is 5.13. The molecule has 0 saturated heterocycles. The molecule has 19 heavy (non-hydrogen) atoms. The number of amides is 1. The molecular formula is C13H24N2O4. The average Bonchev–Trinajstić information content (AvgIpc) is 2.24. The van der Waals surface area contributed by atoms with Gasteiger partial charge in [0.15, 0.2) is 5.78 Å². The summed E-state index contributed by atoms with van der Waals surface area (Å²) in [5.41, 5.74) is 0. The third-order valence-electron chi connectivity index (χ3n) is 2.77. The highest BCUT2D eigenvalue weighted by Gasteiger charge is 2.20. The van der Waals surface area contributed by atoms with Crippen molar-refractivity contribution >= 4 is 17.7 Å². The number of likely N-dealkylation sites (N-methyl/N-ethyl adjacent to an activating group) is 1. The lowest BCUT2D eigenvalue weighted by atomic mass is 10.0. The molecule has 0 spiro atoms. The van der Waals surface area contributed by atoms with Gasteiger partial charge in [0.1, 0.15) is 0 Å². The van der Waals surface area contributed by atoms with Crippen molar-refractivity contribution in [3.8, 4) is 0 Å². The first-order valence-corrected chi connectivity index (χ1v) is 6.44. The number of carbonyl (C=O) groups excluding carboxylic acids is 2. The van der Waals surface area contributed by atoms with E-state index in [0.717, 1.165) is 0 Å². The molecule has 0 aromatic rings. The molecule has 110 valence electrons. The lowest BCUT2D eigenvalue weighted by Gasteiger charge is -2.22. The average molecular weight is 272 g/mol. The van der Waals surface area contributed by atoms with Gasteiger partial charge in [-0.2, -0.15) is 0 Å². The molecule has 1 atom stereocenters. The molecule has 2 N–H and O–H groups in total. The van der Waals surface area contributed by atoms with E-state index < -0.39 is 12.0 Å². The fraction of sp³-hybridized carbons (Fsp3) is 0.769. The molecule has 0 radical (unpaired) electrons. The normalized spacial score (nSPS) is 12.5. The van der Waals surface area contributed by atoms with Crippen molar-refractivity contribution in [1.82, 2.24) is 10.2 Å². The number of carbonyl (C=O) groups is 3. The lowest BCUT2D eigenvalue weighted by molar-refractivity contribution is -0.137. The van der Waals surface area contributed by atoms with Gasteiger partial charge in [0.25, 0.3) is 0 Å². The van der Waals surface area contributed by atoms with Crippen LogP contribution in [0.15, 0.2) is 0 Å². The molecule has 1 amide bonds. The summed E-state index contributed by atoms with van der Waals surface area (Å²) in [6.07, 6.45) is 0.591. The van der Waals surface area contributed by atoms with Crippen LogP contribution in [-0.4, -0.2) is 53.8 Å². The minimum absolute atomic E-state index is 0.0544. The van der Waals surface area contributed by atoms with E-state index in [9.17, 15) is 14.4 Å². The molecule has 0 aromatic heterocycles. The summed E-state index contributed by atoms with van der Waals surface area (Å²) >= 11 is 0. The van der Waals surface area contributed by atoms with Crippen LogP contribution in [0.5, 0.6) is 0 Å². The zero-order valence-electron chi connectivity index (χ0n) is 12.1. The third kappa shape index (κ3) is 8.31.